The lowest BCUT2D eigenvalue weighted by Gasteiger charge is -2.37. The molecule has 34 heavy (non-hydrogen) atoms. The van der Waals surface area contributed by atoms with E-state index < -0.39 is 0 Å². The lowest BCUT2D eigenvalue weighted by Crippen LogP contribution is -2.47. The number of anilines is 2. The van der Waals surface area contributed by atoms with Gasteiger partial charge in [-0.1, -0.05) is 0 Å². The fourth-order valence-electron chi connectivity index (χ4n) is 4.99. The Kier molecular flexibility index (Phi) is 7.08. The Morgan fingerprint density at radius 3 is 2.15 bits per heavy atom. The van der Waals surface area contributed by atoms with Gasteiger partial charge in [0.25, 0.3) is 0 Å². The second-order valence-electron chi connectivity index (χ2n) is 9.19. The van der Waals surface area contributed by atoms with Gasteiger partial charge in [-0.05, 0) is 37.1 Å². The number of likely N-dealkylation sites (tertiary alicyclic amines) is 1. The summed E-state index contributed by atoms with van der Waals surface area (Å²) in [5.41, 5.74) is 0. The van der Waals surface area contributed by atoms with E-state index in [0.717, 1.165) is 76.7 Å². The summed E-state index contributed by atoms with van der Waals surface area (Å²) in [5, 5.41) is 0. The normalized spacial score (nSPS) is 20.4. The van der Waals surface area contributed by atoms with Gasteiger partial charge in [0.15, 0.2) is 0 Å². The molecule has 0 bridgehead atoms. The Morgan fingerprint density at radius 2 is 1.50 bits per heavy atom. The van der Waals surface area contributed by atoms with Crippen LogP contribution in [0.5, 0.6) is 5.75 Å². The predicted molar refractivity (Wildman–Crippen MR) is 127 cm³/mol. The van der Waals surface area contributed by atoms with Gasteiger partial charge >= 0.3 is 0 Å². The third kappa shape index (κ3) is 5.41. The predicted octanol–water partition coefficient (Wildman–Crippen LogP) is 2.74. The van der Waals surface area contributed by atoms with E-state index >= 15 is 0 Å². The number of piperidine rings is 2. The van der Waals surface area contributed by atoms with Gasteiger partial charge in [-0.3, -0.25) is 4.79 Å². The number of hydrogen-bond donors (Lipinski definition) is 0. The van der Waals surface area contributed by atoms with Crippen molar-refractivity contribution in [3.8, 4) is 5.75 Å². The molecule has 0 aliphatic carbocycles. The molecule has 0 atom stereocenters. The van der Waals surface area contributed by atoms with Crippen LogP contribution in [0.1, 0.15) is 25.7 Å². The minimum atomic E-state index is -0.268. The second-order valence-corrected chi connectivity index (χ2v) is 9.19. The van der Waals surface area contributed by atoms with Gasteiger partial charge in [0.2, 0.25) is 5.91 Å². The minimum absolute atomic E-state index is 0.0615. The fourth-order valence-corrected chi connectivity index (χ4v) is 4.99. The molecule has 1 aromatic carbocycles. The van der Waals surface area contributed by atoms with E-state index in [1.54, 1.807) is 18.5 Å². The Bertz CT molecular complexity index is 953. The summed E-state index contributed by atoms with van der Waals surface area (Å²) in [5.74, 6) is 2.61. The quantitative estimate of drug-likeness (QED) is 0.667. The average Bonchev–Trinajstić information content (AvgIpc) is 2.91. The highest BCUT2D eigenvalue weighted by Gasteiger charge is 2.32. The Balaban J connectivity index is 1.09. The Labute approximate surface area is 199 Å². The zero-order valence-corrected chi connectivity index (χ0v) is 19.4. The smallest absolute Gasteiger partial charge is 0.225 e. The van der Waals surface area contributed by atoms with Gasteiger partial charge in [0.05, 0.1) is 13.2 Å². The lowest BCUT2D eigenvalue weighted by molar-refractivity contribution is -0.138. The maximum atomic E-state index is 13.1. The van der Waals surface area contributed by atoms with E-state index in [0.29, 0.717) is 18.8 Å². The molecule has 0 radical (unpaired) electrons. The number of rotatable bonds is 5. The van der Waals surface area contributed by atoms with Crippen LogP contribution in [0.2, 0.25) is 0 Å². The molecule has 3 aliphatic rings. The molecule has 8 nitrogen and oxygen atoms in total. The van der Waals surface area contributed by atoms with Gasteiger partial charge in [0.1, 0.15) is 35.6 Å². The van der Waals surface area contributed by atoms with E-state index in [-0.39, 0.29) is 23.7 Å². The van der Waals surface area contributed by atoms with Crippen LogP contribution in [0, 0.1) is 11.7 Å². The molecule has 0 spiro atoms. The van der Waals surface area contributed by atoms with Crippen LogP contribution >= 0.6 is 0 Å². The van der Waals surface area contributed by atoms with Crippen molar-refractivity contribution >= 4 is 17.5 Å². The van der Waals surface area contributed by atoms with Crippen LogP contribution in [0.15, 0.2) is 36.7 Å². The van der Waals surface area contributed by atoms with E-state index in [1.807, 2.05) is 4.90 Å². The molecule has 182 valence electrons. The van der Waals surface area contributed by atoms with Crippen LogP contribution in [-0.4, -0.2) is 79.4 Å². The van der Waals surface area contributed by atoms with E-state index in [4.69, 9.17) is 9.47 Å². The first kappa shape index (κ1) is 22.8. The molecule has 5 rings (SSSR count). The van der Waals surface area contributed by atoms with Crippen molar-refractivity contribution in [2.75, 3.05) is 62.3 Å². The SMILES string of the molecule is O=C(C1CCN(c2cc(N3CCOCC3)ncn2)CC1)N1CCC(Oc2ccc(F)cc2)CC1. The standard InChI is InChI=1S/C25H32FN5O3/c26-20-1-3-21(4-2-20)34-22-7-11-31(12-8-22)25(32)19-5-9-29(10-6-19)23-17-24(28-18-27-23)30-13-15-33-16-14-30/h1-4,17-19,22H,5-16H2. The summed E-state index contributed by atoms with van der Waals surface area (Å²) in [6.45, 7) is 6.20. The van der Waals surface area contributed by atoms with Crippen molar-refractivity contribution in [2.45, 2.75) is 31.8 Å². The van der Waals surface area contributed by atoms with Crippen molar-refractivity contribution in [3.05, 3.63) is 42.5 Å². The van der Waals surface area contributed by atoms with Gasteiger partial charge in [-0.15, -0.1) is 0 Å². The summed E-state index contributed by atoms with van der Waals surface area (Å²) in [6, 6.07) is 8.18. The van der Waals surface area contributed by atoms with Crippen molar-refractivity contribution < 1.29 is 18.7 Å². The third-order valence-corrected chi connectivity index (χ3v) is 7.01. The highest BCUT2D eigenvalue weighted by atomic mass is 19.1. The van der Waals surface area contributed by atoms with Gasteiger partial charge in [0, 0.05) is 64.1 Å². The number of ether oxygens (including phenoxy) is 2. The van der Waals surface area contributed by atoms with Gasteiger partial charge in [-0.2, -0.15) is 0 Å². The summed E-state index contributed by atoms with van der Waals surface area (Å²) < 4.78 is 24.5. The van der Waals surface area contributed by atoms with Crippen LogP contribution < -0.4 is 14.5 Å². The van der Waals surface area contributed by atoms with Crippen LogP contribution in [0.3, 0.4) is 0 Å². The zero-order valence-electron chi connectivity index (χ0n) is 19.4. The molecule has 0 unspecified atom stereocenters. The van der Waals surface area contributed by atoms with Crippen LogP contribution in [0.4, 0.5) is 16.0 Å². The first-order chi connectivity index (χ1) is 16.7. The molecular weight excluding hydrogens is 437 g/mol. The molecular formula is C25H32FN5O3. The number of benzene rings is 1. The van der Waals surface area contributed by atoms with E-state index in [2.05, 4.69) is 25.8 Å². The van der Waals surface area contributed by atoms with Crippen molar-refractivity contribution in [2.24, 2.45) is 5.92 Å². The monoisotopic (exact) mass is 469 g/mol. The highest BCUT2D eigenvalue weighted by molar-refractivity contribution is 5.79. The summed E-state index contributed by atoms with van der Waals surface area (Å²) in [4.78, 5) is 28.6. The Morgan fingerprint density at radius 1 is 0.882 bits per heavy atom. The molecule has 1 aromatic heterocycles. The third-order valence-electron chi connectivity index (χ3n) is 7.01. The maximum Gasteiger partial charge on any atom is 0.225 e. The number of carbonyl (C=O) groups is 1. The molecule has 3 fully saturated rings. The zero-order chi connectivity index (χ0) is 23.3. The summed E-state index contributed by atoms with van der Waals surface area (Å²) >= 11 is 0. The number of hydrogen-bond acceptors (Lipinski definition) is 7. The number of nitrogens with zero attached hydrogens (tertiary/aromatic N) is 5. The molecule has 0 saturated carbocycles. The van der Waals surface area contributed by atoms with E-state index in [1.165, 1.54) is 12.1 Å². The van der Waals surface area contributed by atoms with Crippen LogP contribution in [-0.2, 0) is 9.53 Å². The first-order valence-corrected chi connectivity index (χ1v) is 12.3. The largest absolute Gasteiger partial charge is 0.490 e. The molecule has 1 amide bonds. The number of morpholine rings is 1. The van der Waals surface area contributed by atoms with Crippen LogP contribution in [0.25, 0.3) is 0 Å². The molecule has 3 aliphatic heterocycles. The average molecular weight is 470 g/mol. The molecule has 9 heteroatoms. The maximum absolute atomic E-state index is 13.1. The Hall–Kier alpha value is -2.94. The van der Waals surface area contributed by atoms with Crippen molar-refractivity contribution in [1.29, 1.82) is 0 Å². The molecule has 3 saturated heterocycles. The fraction of sp³-hybridized carbons (Fsp3) is 0.560. The molecule has 2 aromatic rings. The molecule has 0 N–H and O–H groups in total. The van der Waals surface area contributed by atoms with Crippen molar-refractivity contribution in [1.82, 2.24) is 14.9 Å². The topological polar surface area (TPSA) is 71.0 Å². The highest BCUT2D eigenvalue weighted by Crippen LogP contribution is 2.27. The number of carbonyl (C=O) groups excluding carboxylic acids is 1. The lowest BCUT2D eigenvalue weighted by atomic mass is 9.94. The van der Waals surface area contributed by atoms with E-state index in [9.17, 15) is 9.18 Å². The number of halogens is 1. The van der Waals surface area contributed by atoms with Gasteiger partial charge < -0.3 is 24.2 Å². The summed E-state index contributed by atoms with van der Waals surface area (Å²) in [6.07, 6.45) is 4.97. The number of aromatic nitrogens is 2. The minimum Gasteiger partial charge on any atom is -0.490 e. The second kappa shape index (κ2) is 10.5. The number of amides is 1. The first-order valence-electron chi connectivity index (χ1n) is 12.3. The van der Waals surface area contributed by atoms with Crippen molar-refractivity contribution in [3.63, 3.8) is 0 Å². The van der Waals surface area contributed by atoms with Gasteiger partial charge in [-0.25, -0.2) is 14.4 Å². The summed E-state index contributed by atoms with van der Waals surface area (Å²) in [7, 11) is 0. The molecule has 4 heterocycles.